The fourth-order valence-electron chi connectivity index (χ4n) is 2.63. The fourth-order valence-corrected chi connectivity index (χ4v) is 2.63. The maximum absolute atomic E-state index is 11.7. The van der Waals surface area contributed by atoms with Gasteiger partial charge in [-0.15, -0.1) is 0 Å². The zero-order valence-corrected chi connectivity index (χ0v) is 15.4. The zero-order chi connectivity index (χ0) is 19.2. The Kier molecular flexibility index (Phi) is 5.67. The number of carbonyl (C=O) groups is 1. The standard InChI is InChI=1S/C23H21NO3/c1-4-26-22-15-19(27-23(25)16(2)3)12-11-18(22)10-9-17-13-14-24-21-8-6-5-7-20(17)21/h5-15H,2,4H2,1,3H3/b10-9+. The molecule has 0 N–H and O–H groups in total. The number of benzene rings is 2. The van der Waals surface area contributed by atoms with Crippen LogP contribution in [0.15, 0.2) is 66.9 Å². The van der Waals surface area contributed by atoms with Gasteiger partial charge < -0.3 is 9.47 Å². The number of aromatic nitrogens is 1. The Balaban J connectivity index is 1.92. The second kappa shape index (κ2) is 8.32. The van der Waals surface area contributed by atoms with Crippen LogP contribution in [0.25, 0.3) is 23.1 Å². The number of rotatable bonds is 6. The van der Waals surface area contributed by atoms with E-state index in [4.69, 9.17) is 9.47 Å². The Hall–Kier alpha value is -3.40. The summed E-state index contributed by atoms with van der Waals surface area (Å²) in [5.74, 6) is 0.626. The Morgan fingerprint density at radius 3 is 2.67 bits per heavy atom. The minimum absolute atomic E-state index is 0.349. The topological polar surface area (TPSA) is 48.4 Å². The molecule has 0 spiro atoms. The highest BCUT2D eigenvalue weighted by molar-refractivity contribution is 5.91. The minimum Gasteiger partial charge on any atom is -0.493 e. The molecular formula is C23H21NO3. The quantitative estimate of drug-likeness (QED) is 0.341. The second-order valence-electron chi connectivity index (χ2n) is 6.05. The Bertz CT molecular complexity index is 1020. The molecule has 1 aromatic heterocycles. The van der Waals surface area contributed by atoms with Gasteiger partial charge in [0.05, 0.1) is 12.1 Å². The number of ether oxygens (including phenoxy) is 2. The molecule has 4 nitrogen and oxygen atoms in total. The molecule has 0 aliphatic rings. The van der Waals surface area contributed by atoms with Gasteiger partial charge in [-0.25, -0.2) is 4.79 Å². The molecule has 27 heavy (non-hydrogen) atoms. The van der Waals surface area contributed by atoms with Crippen LogP contribution >= 0.6 is 0 Å². The summed E-state index contributed by atoms with van der Waals surface area (Å²) in [6.45, 7) is 7.63. The van der Waals surface area contributed by atoms with Gasteiger partial charge in [0, 0.05) is 28.8 Å². The van der Waals surface area contributed by atoms with Crippen LogP contribution in [0.1, 0.15) is 25.0 Å². The number of pyridine rings is 1. The Morgan fingerprint density at radius 1 is 1.11 bits per heavy atom. The third-order valence-corrected chi connectivity index (χ3v) is 3.97. The predicted molar refractivity (Wildman–Crippen MR) is 109 cm³/mol. The number of fused-ring (bicyclic) bond motifs is 1. The monoisotopic (exact) mass is 359 g/mol. The summed E-state index contributed by atoms with van der Waals surface area (Å²) in [4.78, 5) is 16.1. The second-order valence-corrected chi connectivity index (χ2v) is 6.05. The highest BCUT2D eigenvalue weighted by Gasteiger charge is 2.09. The van der Waals surface area contributed by atoms with E-state index >= 15 is 0 Å². The summed E-state index contributed by atoms with van der Waals surface area (Å²) >= 11 is 0. The lowest BCUT2D eigenvalue weighted by Crippen LogP contribution is -2.08. The maximum atomic E-state index is 11.7. The molecule has 3 rings (SSSR count). The van der Waals surface area contributed by atoms with Gasteiger partial charge in [-0.2, -0.15) is 0 Å². The first-order valence-corrected chi connectivity index (χ1v) is 8.75. The minimum atomic E-state index is -0.455. The molecule has 0 bridgehead atoms. The molecule has 0 aliphatic heterocycles. The predicted octanol–water partition coefficient (Wildman–Crippen LogP) is 5.29. The van der Waals surface area contributed by atoms with E-state index in [0.717, 1.165) is 22.0 Å². The molecule has 0 amide bonds. The van der Waals surface area contributed by atoms with Crippen LogP contribution < -0.4 is 9.47 Å². The van der Waals surface area contributed by atoms with Crippen LogP contribution in [0.3, 0.4) is 0 Å². The molecule has 0 atom stereocenters. The van der Waals surface area contributed by atoms with Crippen LogP contribution in [0.4, 0.5) is 0 Å². The van der Waals surface area contributed by atoms with Gasteiger partial charge >= 0.3 is 5.97 Å². The number of para-hydroxylation sites is 1. The summed E-state index contributed by atoms with van der Waals surface area (Å²) in [6.07, 6.45) is 5.81. The largest absolute Gasteiger partial charge is 0.493 e. The Labute approximate surface area is 158 Å². The van der Waals surface area contributed by atoms with Crippen molar-refractivity contribution in [3.8, 4) is 11.5 Å². The van der Waals surface area contributed by atoms with E-state index in [1.807, 2.05) is 55.5 Å². The highest BCUT2D eigenvalue weighted by atomic mass is 16.5. The molecular weight excluding hydrogens is 338 g/mol. The van der Waals surface area contributed by atoms with Crippen molar-refractivity contribution < 1.29 is 14.3 Å². The summed E-state index contributed by atoms with van der Waals surface area (Å²) in [7, 11) is 0. The van der Waals surface area contributed by atoms with Gasteiger partial charge in [0.15, 0.2) is 0 Å². The zero-order valence-electron chi connectivity index (χ0n) is 15.4. The van der Waals surface area contributed by atoms with Crippen molar-refractivity contribution in [3.63, 3.8) is 0 Å². The molecule has 3 aromatic rings. The molecule has 2 aromatic carbocycles. The van der Waals surface area contributed by atoms with Crippen LogP contribution in [0, 0.1) is 0 Å². The van der Waals surface area contributed by atoms with Crippen molar-refractivity contribution in [2.24, 2.45) is 0 Å². The van der Waals surface area contributed by atoms with Crippen LogP contribution in [-0.2, 0) is 4.79 Å². The average Bonchev–Trinajstić information content (AvgIpc) is 2.67. The van der Waals surface area contributed by atoms with E-state index in [1.54, 1.807) is 25.3 Å². The lowest BCUT2D eigenvalue weighted by atomic mass is 10.1. The third-order valence-electron chi connectivity index (χ3n) is 3.97. The first kappa shape index (κ1) is 18.4. The molecule has 0 saturated heterocycles. The van der Waals surface area contributed by atoms with Crippen molar-refractivity contribution in [2.75, 3.05) is 6.61 Å². The number of hydrogen-bond donors (Lipinski definition) is 0. The number of hydrogen-bond acceptors (Lipinski definition) is 4. The third kappa shape index (κ3) is 4.42. The smallest absolute Gasteiger partial charge is 0.338 e. The number of nitrogens with zero attached hydrogens (tertiary/aromatic N) is 1. The van der Waals surface area contributed by atoms with Gasteiger partial charge in [-0.05, 0) is 43.7 Å². The first-order chi connectivity index (χ1) is 13.1. The van der Waals surface area contributed by atoms with Crippen LogP contribution in [0.2, 0.25) is 0 Å². The summed E-state index contributed by atoms with van der Waals surface area (Å²) in [5, 5.41) is 1.08. The number of esters is 1. The first-order valence-electron chi connectivity index (χ1n) is 8.75. The van der Waals surface area contributed by atoms with Crippen molar-refractivity contribution in [3.05, 3.63) is 78.0 Å². The average molecular weight is 359 g/mol. The van der Waals surface area contributed by atoms with E-state index in [9.17, 15) is 4.79 Å². The van der Waals surface area contributed by atoms with Crippen LogP contribution in [0.5, 0.6) is 11.5 Å². The normalized spacial score (nSPS) is 10.9. The van der Waals surface area contributed by atoms with Crippen molar-refractivity contribution in [2.45, 2.75) is 13.8 Å². The number of carbonyl (C=O) groups excluding carboxylic acids is 1. The van der Waals surface area contributed by atoms with E-state index in [1.165, 1.54) is 0 Å². The lowest BCUT2D eigenvalue weighted by molar-refractivity contribution is -0.130. The molecule has 0 radical (unpaired) electrons. The lowest BCUT2D eigenvalue weighted by Gasteiger charge is -2.10. The molecule has 0 fully saturated rings. The molecule has 0 unspecified atom stereocenters. The van der Waals surface area contributed by atoms with Gasteiger partial charge in [0.2, 0.25) is 0 Å². The van der Waals surface area contributed by atoms with E-state index in [0.29, 0.717) is 23.7 Å². The Morgan fingerprint density at radius 2 is 1.89 bits per heavy atom. The maximum Gasteiger partial charge on any atom is 0.338 e. The van der Waals surface area contributed by atoms with Gasteiger partial charge in [-0.1, -0.05) is 36.9 Å². The van der Waals surface area contributed by atoms with E-state index < -0.39 is 5.97 Å². The summed E-state index contributed by atoms with van der Waals surface area (Å²) in [6, 6.07) is 15.3. The fraction of sp³-hybridized carbons (Fsp3) is 0.130. The highest BCUT2D eigenvalue weighted by Crippen LogP contribution is 2.28. The summed E-state index contributed by atoms with van der Waals surface area (Å²) < 4.78 is 11.0. The molecule has 1 heterocycles. The molecule has 0 saturated carbocycles. The van der Waals surface area contributed by atoms with E-state index in [-0.39, 0.29) is 0 Å². The van der Waals surface area contributed by atoms with Crippen molar-refractivity contribution in [1.29, 1.82) is 0 Å². The molecule has 0 aliphatic carbocycles. The van der Waals surface area contributed by atoms with Crippen LogP contribution in [-0.4, -0.2) is 17.6 Å². The summed E-state index contributed by atoms with van der Waals surface area (Å²) in [5.41, 5.74) is 3.27. The molecule has 4 heteroatoms. The van der Waals surface area contributed by atoms with Gasteiger partial charge in [0.25, 0.3) is 0 Å². The van der Waals surface area contributed by atoms with Gasteiger partial charge in [0.1, 0.15) is 11.5 Å². The van der Waals surface area contributed by atoms with Gasteiger partial charge in [-0.3, -0.25) is 4.98 Å². The van der Waals surface area contributed by atoms with Crippen molar-refractivity contribution in [1.82, 2.24) is 4.98 Å². The van der Waals surface area contributed by atoms with Crippen molar-refractivity contribution >= 4 is 29.0 Å². The SMILES string of the molecule is C=C(C)C(=O)Oc1ccc(/C=C/c2ccnc3ccccc23)c(OCC)c1. The molecule has 136 valence electrons. The van der Waals surface area contributed by atoms with E-state index in [2.05, 4.69) is 11.6 Å².